The van der Waals surface area contributed by atoms with Gasteiger partial charge in [-0.15, -0.1) is 0 Å². The van der Waals surface area contributed by atoms with Crippen LogP contribution in [0.25, 0.3) is 6.08 Å². The Morgan fingerprint density at radius 2 is 1.88 bits per heavy atom. The van der Waals surface area contributed by atoms with Gasteiger partial charge in [-0.1, -0.05) is 39.7 Å². The van der Waals surface area contributed by atoms with E-state index in [0.29, 0.717) is 49.2 Å². The van der Waals surface area contributed by atoms with Crippen LogP contribution >= 0.6 is 39.3 Å². The summed E-state index contributed by atoms with van der Waals surface area (Å²) < 4.78 is 12.0. The molecule has 2 aliphatic heterocycles. The average Bonchev–Trinajstić information content (AvgIpc) is 3.07. The molecule has 172 valence electrons. The lowest BCUT2D eigenvalue weighted by Crippen LogP contribution is -2.46. The molecule has 3 amide bonds. The van der Waals surface area contributed by atoms with Crippen molar-refractivity contribution in [1.82, 2.24) is 9.80 Å². The summed E-state index contributed by atoms with van der Waals surface area (Å²) in [5, 5.41) is 0.178. The summed E-state index contributed by atoms with van der Waals surface area (Å²) in [6.45, 7) is 1.86. The van der Waals surface area contributed by atoms with Gasteiger partial charge in [0.2, 0.25) is 5.91 Å². The SMILES string of the molecule is O=C(CN1C(=O)S/C(=C\c2cc(Br)ccc2OCc2ccc(Cl)cc2)C1=O)N1CCOCC1. The molecular weight excluding hydrogens is 532 g/mol. The summed E-state index contributed by atoms with van der Waals surface area (Å²) >= 11 is 10.2. The van der Waals surface area contributed by atoms with Crippen molar-refractivity contribution in [3.63, 3.8) is 0 Å². The predicted molar refractivity (Wildman–Crippen MR) is 130 cm³/mol. The van der Waals surface area contributed by atoms with E-state index >= 15 is 0 Å². The third kappa shape index (κ3) is 5.97. The van der Waals surface area contributed by atoms with Gasteiger partial charge in [0.1, 0.15) is 18.9 Å². The maximum Gasteiger partial charge on any atom is 0.294 e. The maximum atomic E-state index is 12.9. The number of imide groups is 1. The molecule has 0 saturated carbocycles. The van der Waals surface area contributed by atoms with Gasteiger partial charge in [-0.3, -0.25) is 19.3 Å². The molecule has 4 rings (SSSR count). The van der Waals surface area contributed by atoms with E-state index in [1.807, 2.05) is 24.3 Å². The minimum atomic E-state index is -0.491. The van der Waals surface area contributed by atoms with E-state index in [9.17, 15) is 14.4 Å². The Bertz CT molecular complexity index is 1100. The minimum Gasteiger partial charge on any atom is -0.488 e. The van der Waals surface area contributed by atoms with E-state index in [2.05, 4.69) is 15.9 Å². The lowest BCUT2D eigenvalue weighted by Gasteiger charge is -2.28. The fourth-order valence-electron chi connectivity index (χ4n) is 3.33. The summed E-state index contributed by atoms with van der Waals surface area (Å²) in [6.07, 6.45) is 1.62. The van der Waals surface area contributed by atoms with Crippen LogP contribution in [0.4, 0.5) is 4.79 Å². The van der Waals surface area contributed by atoms with E-state index in [1.165, 1.54) is 0 Å². The highest BCUT2D eigenvalue weighted by Crippen LogP contribution is 2.35. The Labute approximate surface area is 208 Å². The van der Waals surface area contributed by atoms with E-state index in [0.717, 1.165) is 26.7 Å². The molecule has 0 unspecified atom stereocenters. The summed E-state index contributed by atoms with van der Waals surface area (Å²) in [7, 11) is 0. The first-order valence-electron chi connectivity index (χ1n) is 10.2. The Kier molecular flexibility index (Phi) is 7.75. The van der Waals surface area contributed by atoms with E-state index in [4.69, 9.17) is 21.1 Å². The molecule has 2 fully saturated rings. The van der Waals surface area contributed by atoms with Crippen molar-refractivity contribution in [3.8, 4) is 5.75 Å². The van der Waals surface area contributed by atoms with Gasteiger partial charge in [-0.2, -0.15) is 0 Å². The van der Waals surface area contributed by atoms with Crippen molar-refractivity contribution in [1.29, 1.82) is 0 Å². The van der Waals surface area contributed by atoms with Gasteiger partial charge < -0.3 is 14.4 Å². The van der Waals surface area contributed by atoms with Crippen LogP contribution in [-0.2, 0) is 20.9 Å². The molecule has 0 bridgehead atoms. The number of thioether (sulfide) groups is 1. The zero-order valence-electron chi connectivity index (χ0n) is 17.5. The Morgan fingerprint density at radius 3 is 2.61 bits per heavy atom. The molecule has 0 N–H and O–H groups in total. The van der Waals surface area contributed by atoms with Gasteiger partial charge in [0.15, 0.2) is 0 Å². The number of morpholine rings is 1. The number of amides is 3. The maximum absolute atomic E-state index is 12.9. The van der Waals surface area contributed by atoms with Crippen molar-refractivity contribution >= 4 is 62.4 Å². The standard InChI is InChI=1S/C23H20BrClN2O5S/c24-17-3-6-19(32-14-15-1-4-18(25)5-2-15)16(11-17)12-20-22(29)27(23(30)33-20)13-21(28)26-7-9-31-10-8-26/h1-6,11-12H,7-10,13-14H2/b20-12-. The monoisotopic (exact) mass is 550 g/mol. The van der Waals surface area contributed by atoms with Crippen LogP contribution in [0.5, 0.6) is 5.75 Å². The van der Waals surface area contributed by atoms with Gasteiger partial charge >= 0.3 is 0 Å². The first-order chi connectivity index (χ1) is 15.9. The zero-order valence-corrected chi connectivity index (χ0v) is 20.6. The fourth-order valence-corrected chi connectivity index (χ4v) is 4.66. The van der Waals surface area contributed by atoms with Crippen LogP contribution in [0.1, 0.15) is 11.1 Å². The molecule has 2 heterocycles. The van der Waals surface area contributed by atoms with Gasteiger partial charge in [0.05, 0.1) is 18.1 Å². The highest BCUT2D eigenvalue weighted by Gasteiger charge is 2.37. The number of hydrogen-bond donors (Lipinski definition) is 0. The molecule has 2 aliphatic rings. The minimum absolute atomic E-state index is 0.240. The second-order valence-electron chi connectivity index (χ2n) is 7.36. The zero-order chi connectivity index (χ0) is 23.4. The number of benzene rings is 2. The van der Waals surface area contributed by atoms with Crippen molar-refractivity contribution < 1.29 is 23.9 Å². The first-order valence-corrected chi connectivity index (χ1v) is 12.2. The Balaban J connectivity index is 1.49. The number of carbonyl (C=O) groups is 3. The molecule has 2 aromatic rings. The molecule has 10 heteroatoms. The molecule has 33 heavy (non-hydrogen) atoms. The molecule has 0 spiro atoms. The lowest BCUT2D eigenvalue weighted by molar-refractivity contribution is -0.139. The average molecular weight is 552 g/mol. The highest BCUT2D eigenvalue weighted by atomic mass is 79.9. The summed E-state index contributed by atoms with van der Waals surface area (Å²) in [4.78, 5) is 40.7. The molecule has 2 saturated heterocycles. The van der Waals surface area contributed by atoms with Gasteiger partial charge in [-0.05, 0) is 53.7 Å². The lowest BCUT2D eigenvalue weighted by atomic mass is 10.1. The van der Waals surface area contributed by atoms with Crippen LogP contribution in [0, 0.1) is 0 Å². The Morgan fingerprint density at radius 1 is 1.15 bits per heavy atom. The van der Waals surface area contributed by atoms with Crippen LogP contribution in [0.3, 0.4) is 0 Å². The fraction of sp³-hybridized carbons (Fsp3) is 0.261. The van der Waals surface area contributed by atoms with Crippen molar-refractivity contribution in [3.05, 3.63) is 68.0 Å². The largest absolute Gasteiger partial charge is 0.488 e. The normalized spacial score (nSPS) is 17.7. The molecule has 7 nitrogen and oxygen atoms in total. The topological polar surface area (TPSA) is 76.2 Å². The number of carbonyl (C=O) groups excluding carboxylic acids is 3. The third-order valence-corrected chi connectivity index (χ3v) is 6.75. The summed E-state index contributed by atoms with van der Waals surface area (Å²) in [6, 6.07) is 12.8. The molecule has 0 atom stereocenters. The van der Waals surface area contributed by atoms with Crippen LogP contribution in [-0.4, -0.2) is 59.7 Å². The molecule has 2 aromatic carbocycles. The summed E-state index contributed by atoms with van der Waals surface area (Å²) in [5.41, 5.74) is 1.58. The predicted octanol–water partition coefficient (Wildman–Crippen LogP) is 4.58. The van der Waals surface area contributed by atoms with E-state index in [-0.39, 0.29) is 17.4 Å². The van der Waals surface area contributed by atoms with Crippen LogP contribution < -0.4 is 4.74 Å². The van der Waals surface area contributed by atoms with Crippen LogP contribution in [0.2, 0.25) is 5.02 Å². The van der Waals surface area contributed by atoms with Crippen LogP contribution in [0.15, 0.2) is 51.8 Å². The van der Waals surface area contributed by atoms with Gasteiger partial charge in [0.25, 0.3) is 11.1 Å². The molecule has 0 aromatic heterocycles. The number of rotatable bonds is 6. The van der Waals surface area contributed by atoms with Gasteiger partial charge in [-0.25, -0.2) is 0 Å². The highest BCUT2D eigenvalue weighted by molar-refractivity contribution is 9.10. The molecule has 0 radical (unpaired) electrons. The third-order valence-electron chi connectivity index (χ3n) is 5.10. The molecule has 0 aliphatic carbocycles. The van der Waals surface area contributed by atoms with E-state index < -0.39 is 11.1 Å². The van der Waals surface area contributed by atoms with E-state index in [1.54, 1.807) is 29.2 Å². The number of ether oxygens (including phenoxy) is 2. The number of nitrogens with zero attached hydrogens (tertiary/aromatic N) is 2. The first kappa shape index (κ1) is 23.8. The quantitative estimate of drug-likeness (QED) is 0.490. The van der Waals surface area contributed by atoms with Crippen molar-refractivity contribution in [2.24, 2.45) is 0 Å². The number of halogens is 2. The summed E-state index contributed by atoms with van der Waals surface area (Å²) in [5.74, 6) is -0.198. The Hall–Kier alpha value is -2.33. The van der Waals surface area contributed by atoms with Crippen molar-refractivity contribution in [2.45, 2.75) is 6.61 Å². The molecular formula is C23H20BrClN2O5S. The van der Waals surface area contributed by atoms with Crippen molar-refractivity contribution in [2.75, 3.05) is 32.8 Å². The second-order valence-corrected chi connectivity index (χ2v) is 9.70. The smallest absolute Gasteiger partial charge is 0.294 e. The number of hydrogen-bond acceptors (Lipinski definition) is 6. The second kappa shape index (κ2) is 10.7. The van der Waals surface area contributed by atoms with Gasteiger partial charge in [0, 0.05) is 28.1 Å².